The van der Waals surface area contributed by atoms with Crippen LogP contribution in [0.1, 0.15) is 439 Å². The molecule has 5 heteroatoms. The summed E-state index contributed by atoms with van der Waals surface area (Å²) in [7, 11) is 0. The van der Waals surface area contributed by atoms with Crippen molar-refractivity contribution in [1.29, 1.82) is 0 Å². The van der Waals surface area contributed by atoms with Crippen molar-refractivity contribution in [3.63, 3.8) is 0 Å². The summed E-state index contributed by atoms with van der Waals surface area (Å²) in [6.07, 6.45) is 88.9. The Kier molecular flexibility index (Phi) is 71.7. The predicted molar refractivity (Wildman–Crippen MR) is 342 cm³/mol. The second kappa shape index (κ2) is 71.0. The Bertz CT molecular complexity index is 851. The van der Waals surface area contributed by atoms with Gasteiger partial charge in [0.15, 0.2) is 0 Å². The summed E-state index contributed by atoms with van der Waals surface area (Å²) >= 11 is -4.19. The fourth-order valence-corrected chi connectivity index (χ4v) is 16.7. The van der Waals surface area contributed by atoms with E-state index < -0.39 is 22.0 Å². The van der Waals surface area contributed by atoms with Gasteiger partial charge in [-0.3, -0.25) is 0 Å². The van der Waals surface area contributed by atoms with Crippen LogP contribution >= 0.6 is 0 Å². The van der Waals surface area contributed by atoms with Crippen LogP contribution in [0.2, 0.25) is 0 Å². The Labute approximate surface area is 495 Å². The van der Waals surface area contributed by atoms with Gasteiger partial charge in [-0.05, 0) is 0 Å². The Morgan fingerprint density at radius 2 is 0.221 bits per heavy atom. The van der Waals surface area contributed by atoms with E-state index in [1.807, 2.05) is 0 Å². The monoisotopic (exact) mass is 1170 g/mol. The summed E-state index contributed by atoms with van der Waals surface area (Å²) in [4.78, 5) is 0. The molecule has 0 unspecified atom stereocenters. The van der Waals surface area contributed by atoms with E-state index in [1.165, 1.54) is 385 Å². The second-order valence-electron chi connectivity index (χ2n) is 25.1. The second-order valence-corrected chi connectivity index (χ2v) is 30.4. The van der Waals surface area contributed by atoms with Crippen molar-refractivity contribution < 1.29 is 33.3 Å². The van der Waals surface area contributed by atoms with Crippen LogP contribution < -0.4 is 0 Å². The molecule has 0 aliphatic carbocycles. The van der Waals surface area contributed by atoms with Crippen LogP contribution in [-0.4, -0.2) is 26.4 Å². The van der Waals surface area contributed by atoms with E-state index in [-0.39, 0.29) is 0 Å². The number of unbranched alkanes of at least 4 members (excludes halogenated alkanes) is 60. The third-order valence-corrected chi connectivity index (χ3v) is 22.6. The first-order valence-electron chi connectivity index (χ1n) is 36.8. The Morgan fingerprint density at radius 1 is 0.130 bits per heavy atom. The van der Waals surface area contributed by atoms with Crippen molar-refractivity contribution in [2.45, 2.75) is 439 Å². The smallest absolute Gasteiger partial charge is 0.0654 e. The molecular weight excluding hydrogens is 1020 g/mol. The van der Waals surface area contributed by atoms with Gasteiger partial charge in [-0.25, -0.2) is 0 Å². The third-order valence-electron chi connectivity index (χ3n) is 17.1. The van der Waals surface area contributed by atoms with E-state index in [1.54, 1.807) is 0 Å². The SMILES string of the molecule is CCCCCCCCCCCCCCCCCC[O][Zr]([O]CCCCCCCCCCCCCCCCCC)([O]CCCCCCCCCCCCCCCCCC)[O]CCCCCCCCCCCCCCCCCC. The molecule has 0 aliphatic rings. The van der Waals surface area contributed by atoms with Crippen molar-refractivity contribution in [2.24, 2.45) is 0 Å². The van der Waals surface area contributed by atoms with Crippen LogP contribution in [0, 0.1) is 0 Å². The van der Waals surface area contributed by atoms with Gasteiger partial charge < -0.3 is 0 Å². The average Bonchev–Trinajstić information content (AvgIpc) is 3.44. The molecule has 0 bridgehead atoms. The quantitative estimate of drug-likeness (QED) is 0.0569. The molecule has 0 radical (unpaired) electrons. The molecule has 0 saturated carbocycles. The summed E-state index contributed by atoms with van der Waals surface area (Å²) in [6, 6.07) is 0. The first-order valence-corrected chi connectivity index (χ1v) is 40.8. The van der Waals surface area contributed by atoms with Crippen LogP contribution in [-0.2, 0) is 33.3 Å². The minimum absolute atomic E-state index is 0.741. The topological polar surface area (TPSA) is 36.9 Å². The molecule has 0 heterocycles. The summed E-state index contributed by atoms with van der Waals surface area (Å²) < 4.78 is 27.5. The Morgan fingerprint density at radius 3 is 0.325 bits per heavy atom. The predicted octanol–water partition coefficient (Wildman–Crippen LogP) is 26.9. The molecule has 0 N–H and O–H groups in total. The third kappa shape index (κ3) is 65.7. The van der Waals surface area contributed by atoms with Gasteiger partial charge >= 0.3 is 317 Å². The summed E-state index contributed by atoms with van der Waals surface area (Å²) in [5.41, 5.74) is 0. The first kappa shape index (κ1) is 77.7. The van der Waals surface area contributed by atoms with Crippen molar-refractivity contribution in [1.82, 2.24) is 0 Å². The maximum atomic E-state index is 6.88. The van der Waals surface area contributed by atoms with Crippen LogP contribution in [0.4, 0.5) is 0 Å². The van der Waals surface area contributed by atoms with Crippen LogP contribution in [0.25, 0.3) is 0 Å². The van der Waals surface area contributed by atoms with Crippen LogP contribution in [0.5, 0.6) is 0 Å². The van der Waals surface area contributed by atoms with Gasteiger partial charge in [0.25, 0.3) is 0 Å². The van der Waals surface area contributed by atoms with Crippen molar-refractivity contribution in [3.8, 4) is 0 Å². The zero-order valence-electron chi connectivity index (χ0n) is 54.2. The summed E-state index contributed by atoms with van der Waals surface area (Å²) in [6.45, 7) is 12.2. The van der Waals surface area contributed by atoms with E-state index in [4.69, 9.17) is 11.3 Å². The zero-order valence-corrected chi connectivity index (χ0v) is 56.7. The zero-order chi connectivity index (χ0) is 55.4. The minimum atomic E-state index is -4.19. The average molecular weight is 1170 g/mol. The summed E-state index contributed by atoms with van der Waals surface area (Å²) in [5, 5.41) is 0. The van der Waals surface area contributed by atoms with Gasteiger partial charge in [-0.1, -0.05) is 182 Å². The molecule has 0 saturated heterocycles. The molecule has 0 atom stereocenters. The fourth-order valence-electron chi connectivity index (χ4n) is 11.6. The van der Waals surface area contributed by atoms with E-state index in [0.29, 0.717) is 0 Å². The van der Waals surface area contributed by atoms with Crippen molar-refractivity contribution in [2.75, 3.05) is 26.4 Å². The molecule has 0 aromatic rings. The van der Waals surface area contributed by atoms with Crippen LogP contribution in [0.3, 0.4) is 0 Å². The summed E-state index contributed by atoms with van der Waals surface area (Å²) in [5.74, 6) is 0. The van der Waals surface area contributed by atoms with E-state index in [0.717, 1.165) is 52.1 Å². The molecular formula is C72H148O4Zr. The first-order chi connectivity index (χ1) is 38.2. The van der Waals surface area contributed by atoms with Gasteiger partial charge in [0, 0.05) is 0 Å². The molecule has 0 spiro atoms. The molecule has 0 aromatic heterocycles. The molecule has 0 aliphatic heterocycles. The standard InChI is InChI=1S/4C18H37O.Zr/c4*1-2-3-4-5-6-7-8-9-10-11-12-13-14-15-16-17-18-19;/h4*2-18H2,1H3;/q4*-1;+4. The van der Waals surface area contributed by atoms with Crippen molar-refractivity contribution >= 4 is 0 Å². The maximum absolute atomic E-state index is 6.88. The molecule has 0 aromatic carbocycles. The van der Waals surface area contributed by atoms with Gasteiger partial charge in [0.2, 0.25) is 0 Å². The molecule has 0 fully saturated rings. The van der Waals surface area contributed by atoms with E-state index >= 15 is 0 Å². The molecule has 77 heavy (non-hydrogen) atoms. The van der Waals surface area contributed by atoms with E-state index in [2.05, 4.69) is 27.7 Å². The van der Waals surface area contributed by atoms with Gasteiger partial charge in [-0.15, -0.1) is 0 Å². The Balaban J connectivity index is 4.97. The van der Waals surface area contributed by atoms with Gasteiger partial charge in [0.1, 0.15) is 0 Å². The van der Waals surface area contributed by atoms with E-state index in [9.17, 15) is 0 Å². The minimum Gasteiger partial charge on any atom is -0.0654 e. The molecule has 4 nitrogen and oxygen atoms in total. The molecule has 0 rings (SSSR count). The number of rotatable bonds is 72. The van der Waals surface area contributed by atoms with Crippen molar-refractivity contribution in [3.05, 3.63) is 0 Å². The molecule has 0 amide bonds. The van der Waals surface area contributed by atoms with Gasteiger partial charge in [0.05, 0.1) is 0 Å². The number of hydrogen-bond acceptors (Lipinski definition) is 4. The van der Waals surface area contributed by atoms with Gasteiger partial charge in [-0.2, -0.15) is 0 Å². The normalized spacial score (nSPS) is 12.0. The molecule has 464 valence electrons. The van der Waals surface area contributed by atoms with Crippen LogP contribution in [0.15, 0.2) is 0 Å². The Hall–Kier alpha value is 0.723. The number of hydrogen-bond donors (Lipinski definition) is 0. The fraction of sp³-hybridized carbons (Fsp3) is 1.00.